The van der Waals surface area contributed by atoms with Gasteiger partial charge in [-0.05, 0) is 0 Å². The SMILES string of the molecule is O=P(O)(O)O[C@H]1O[C@H](CF)[C@H](O)[C@H](O)[C@H]1O. The zero-order valence-corrected chi connectivity index (χ0v) is 8.77. The van der Waals surface area contributed by atoms with Crippen molar-refractivity contribution in [3.63, 3.8) is 0 Å². The summed E-state index contributed by atoms with van der Waals surface area (Å²) >= 11 is 0. The smallest absolute Gasteiger partial charge is 0.387 e. The van der Waals surface area contributed by atoms with Gasteiger partial charge in [0.25, 0.3) is 0 Å². The number of hydrogen-bond acceptors (Lipinski definition) is 6. The highest BCUT2D eigenvalue weighted by atomic mass is 31.2. The van der Waals surface area contributed by atoms with Crippen molar-refractivity contribution in [1.82, 2.24) is 0 Å². The molecule has 10 heteroatoms. The van der Waals surface area contributed by atoms with Gasteiger partial charge in [-0.25, -0.2) is 8.96 Å². The molecule has 8 nitrogen and oxygen atoms in total. The van der Waals surface area contributed by atoms with Gasteiger partial charge in [0.15, 0.2) is 6.29 Å². The molecule has 0 amide bonds. The van der Waals surface area contributed by atoms with Crippen LogP contribution in [0.1, 0.15) is 0 Å². The van der Waals surface area contributed by atoms with E-state index in [9.17, 15) is 24.3 Å². The predicted octanol–water partition coefficient (Wildman–Crippen LogP) is -2.13. The summed E-state index contributed by atoms with van der Waals surface area (Å²) < 4.78 is 31.3. The second-order valence-corrected chi connectivity index (χ2v) is 4.46. The Bertz CT molecular complexity index is 280. The summed E-state index contributed by atoms with van der Waals surface area (Å²) in [4.78, 5) is 16.9. The van der Waals surface area contributed by atoms with Crippen LogP contribution < -0.4 is 0 Å². The number of halogens is 1. The average Bonchev–Trinajstić information content (AvgIpc) is 2.17. The van der Waals surface area contributed by atoms with Crippen molar-refractivity contribution in [2.75, 3.05) is 6.67 Å². The van der Waals surface area contributed by atoms with Gasteiger partial charge in [0.2, 0.25) is 0 Å². The third-order valence-corrected chi connectivity index (χ3v) is 2.54. The Morgan fingerprint density at radius 2 is 1.75 bits per heavy atom. The van der Waals surface area contributed by atoms with Crippen LogP contribution >= 0.6 is 7.82 Å². The fourth-order valence-corrected chi connectivity index (χ4v) is 1.71. The Hall–Kier alpha value is -0.120. The molecule has 16 heavy (non-hydrogen) atoms. The van der Waals surface area contributed by atoms with Crippen LogP contribution in [0.5, 0.6) is 0 Å². The first kappa shape index (κ1) is 13.9. The van der Waals surface area contributed by atoms with E-state index >= 15 is 0 Å². The minimum absolute atomic E-state index is 1.20. The minimum atomic E-state index is -4.95. The Balaban J connectivity index is 2.75. The van der Waals surface area contributed by atoms with Gasteiger partial charge in [-0.3, -0.25) is 4.52 Å². The molecular weight excluding hydrogens is 250 g/mol. The number of aliphatic hydroxyl groups excluding tert-OH is 3. The van der Waals surface area contributed by atoms with Crippen LogP contribution in [-0.4, -0.2) is 62.5 Å². The topological polar surface area (TPSA) is 137 Å². The molecule has 0 aliphatic carbocycles. The number of phosphoric ester groups is 1. The molecule has 1 fully saturated rings. The van der Waals surface area contributed by atoms with E-state index in [1.165, 1.54) is 0 Å². The maximum Gasteiger partial charge on any atom is 0.472 e. The average molecular weight is 262 g/mol. The molecule has 1 rings (SSSR count). The summed E-state index contributed by atoms with van der Waals surface area (Å²) in [6.45, 7) is -1.20. The van der Waals surface area contributed by atoms with Gasteiger partial charge in [-0.1, -0.05) is 0 Å². The predicted molar refractivity (Wildman–Crippen MR) is 45.8 cm³/mol. The second kappa shape index (κ2) is 5.03. The van der Waals surface area contributed by atoms with Gasteiger partial charge in [0, 0.05) is 0 Å². The van der Waals surface area contributed by atoms with Crippen molar-refractivity contribution in [2.24, 2.45) is 0 Å². The molecule has 0 radical (unpaired) electrons. The van der Waals surface area contributed by atoms with Gasteiger partial charge < -0.3 is 29.8 Å². The van der Waals surface area contributed by atoms with Crippen molar-refractivity contribution in [1.29, 1.82) is 0 Å². The lowest BCUT2D eigenvalue weighted by atomic mass is 10.00. The molecule has 0 aromatic rings. The standard InChI is InChI=1S/C6H12FO8P/c7-1-2-3(8)4(9)5(10)6(14-2)15-16(11,12)13/h2-6,8-10H,1H2,(H2,11,12,13)/t2-,3+,4+,5-,6-/m1/s1. The summed E-state index contributed by atoms with van der Waals surface area (Å²) in [5, 5.41) is 27.7. The Kier molecular flexibility index (Phi) is 4.38. The van der Waals surface area contributed by atoms with E-state index in [-0.39, 0.29) is 0 Å². The van der Waals surface area contributed by atoms with Crippen LogP contribution in [0.15, 0.2) is 0 Å². The van der Waals surface area contributed by atoms with Crippen LogP contribution in [0.2, 0.25) is 0 Å². The number of alkyl halides is 1. The largest absolute Gasteiger partial charge is 0.472 e. The molecule has 0 spiro atoms. The van der Waals surface area contributed by atoms with E-state index in [0.29, 0.717) is 0 Å². The molecule has 0 saturated carbocycles. The third kappa shape index (κ3) is 3.19. The molecule has 5 atom stereocenters. The lowest BCUT2D eigenvalue weighted by Gasteiger charge is -2.38. The molecule has 0 unspecified atom stereocenters. The quantitative estimate of drug-likeness (QED) is 0.364. The highest BCUT2D eigenvalue weighted by Gasteiger charge is 2.46. The molecule has 96 valence electrons. The number of ether oxygens (including phenoxy) is 1. The van der Waals surface area contributed by atoms with E-state index < -0.39 is 45.2 Å². The highest BCUT2D eigenvalue weighted by Crippen LogP contribution is 2.40. The molecule has 0 bridgehead atoms. The van der Waals surface area contributed by atoms with Crippen LogP contribution in [0.4, 0.5) is 4.39 Å². The molecule has 0 aromatic carbocycles. The van der Waals surface area contributed by atoms with Crippen molar-refractivity contribution >= 4 is 7.82 Å². The lowest BCUT2D eigenvalue weighted by molar-refractivity contribution is -0.277. The minimum Gasteiger partial charge on any atom is -0.387 e. The molecule has 1 heterocycles. The van der Waals surface area contributed by atoms with Crippen molar-refractivity contribution in [2.45, 2.75) is 30.7 Å². The second-order valence-electron chi connectivity index (χ2n) is 3.26. The van der Waals surface area contributed by atoms with E-state index in [0.717, 1.165) is 0 Å². The molecular formula is C6H12FO8P. The Morgan fingerprint density at radius 1 is 1.19 bits per heavy atom. The zero-order valence-electron chi connectivity index (χ0n) is 7.88. The fraction of sp³-hybridized carbons (Fsp3) is 1.00. The lowest BCUT2D eigenvalue weighted by Crippen LogP contribution is -2.58. The summed E-state index contributed by atoms with van der Waals surface area (Å²) in [6.07, 6.45) is -8.82. The summed E-state index contributed by atoms with van der Waals surface area (Å²) in [5.74, 6) is 0. The number of rotatable bonds is 3. The van der Waals surface area contributed by atoms with Crippen LogP contribution in [0, 0.1) is 0 Å². The normalized spacial score (nSPS) is 41.0. The van der Waals surface area contributed by atoms with Crippen molar-refractivity contribution in [3.05, 3.63) is 0 Å². The fourth-order valence-electron chi connectivity index (χ4n) is 1.27. The van der Waals surface area contributed by atoms with Crippen molar-refractivity contribution < 1.29 is 43.3 Å². The summed E-state index contributed by atoms with van der Waals surface area (Å²) in [7, 11) is -4.95. The first-order chi connectivity index (χ1) is 7.26. The number of hydrogen-bond donors (Lipinski definition) is 5. The van der Waals surface area contributed by atoms with E-state index in [4.69, 9.17) is 9.79 Å². The Morgan fingerprint density at radius 3 is 2.19 bits per heavy atom. The first-order valence-corrected chi connectivity index (χ1v) is 5.79. The highest BCUT2D eigenvalue weighted by molar-refractivity contribution is 7.46. The van der Waals surface area contributed by atoms with E-state index in [2.05, 4.69) is 9.26 Å². The van der Waals surface area contributed by atoms with Crippen LogP contribution in [-0.2, 0) is 13.8 Å². The molecule has 1 saturated heterocycles. The van der Waals surface area contributed by atoms with Crippen LogP contribution in [0.3, 0.4) is 0 Å². The summed E-state index contributed by atoms with van der Waals surface area (Å²) in [5.41, 5.74) is 0. The Labute approximate surface area is 89.5 Å². The van der Waals surface area contributed by atoms with Gasteiger partial charge >= 0.3 is 7.82 Å². The van der Waals surface area contributed by atoms with Crippen molar-refractivity contribution in [3.8, 4) is 0 Å². The van der Waals surface area contributed by atoms with Crippen LogP contribution in [0.25, 0.3) is 0 Å². The molecule has 1 aliphatic rings. The van der Waals surface area contributed by atoms with Gasteiger partial charge in [0.1, 0.15) is 31.1 Å². The summed E-state index contributed by atoms with van der Waals surface area (Å²) in [6, 6.07) is 0. The van der Waals surface area contributed by atoms with Gasteiger partial charge in [-0.2, -0.15) is 0 Å². The maximum absolute atomic E-state index is 12.3. The van der Waals surface area contributed by atoms with Gasteiger partial charge in [0.05, 0.1) is 0 Å². The van der Waals surface area contributed by atoms with E-state index in [1.54, 1.807) is 0 Å². The molecule has 0 aromatic heterocycles. The first-order valence-electron chi connectivity index (χ1n) is 4.26. The zero-order chi connectivity index (χ0) is 12.5. The molecule has 1 aliphatic heterocycles. The van der Waals surface area contributed by atoms with Gasteiger partial charge in [-0.15, -0.1) is 0 Å². The maximum atomic E-state index is 12.3. The monoisotopic (exact) mass is 262 g/mol. The number of aliphatic hydroxyl groups is 3. The third-order valence-electron chi connectivity index (χ3n) is 2.06. The number of phosphoric acid groups is 1. The molecule has 5 N–H and O–H groups in total. The van der Waals surface area contributed by atoms with E-state index in [1.807, 2.05) is 0 Å².